The van der Waals surface area contributed by atoms with Crippen molar-refractivity contribution in [2.24, 2.45) is 5.73 Å². The Morgan fingerprint density at radius 3 is 2.79 bits per heavy atom. The van der Waals surface area contributed by atoms with Crippen molar-refractivity contribution < 1.29 is 9.18 Å². The SMILES string of the molecule is NC(=O)CC#Cc1ccc(F)cc1N. The van der Waals surface area contributed by atoms with Gasteiger partial charge in [0.25, 0.3) is 0 Å². The van der Waals surface area contributed by atoms with Gasteiger partial charge in [-0.2, -0.15) is 0 Å². The number of nitrogen functional groups attached to an aromatic ring is 1. The minimum Gasteiger partial charge on any atom is -0.398 e. The third-order valence-corrected chi connectivity index (χ3v) is 1.50. The molecular formula is C10H9FN2O. The second-order valence-electron chi connectivity index (χ2n) is 2.68. The monoisotopic (exact) mass is 192 g/mol. The summed E-state index contributed by atoms with van der Waals surface area (Å²) in [4.78, 5) is 10.4. The maximum Gasteiger partial charge on any atom is 0.229 e. The molecule has 0 aliphatic heterocycles. The molecule has 4 N–H and O–H groups in total. The Kier molecular flexibility index (Phi) is 3.08. The Morgan fingerprint density at radius 2 is 2.21 bits per heavy atom. The third kappa shape index (κ3) is 2.79. The van der Waals surface area contributed by atoms with E-state index in [1.165, 1.54) is 18.2 Å². The Hall–Kier alpha value is -2.02. The normalized spacial score (nSPS) is 8.93. The summed E-state index contributed by atoms with van der Waals surface area (Å²) in [6, 6.07) is 3.89. The fraction of sp³-hybridized carbons (Fsp3) is 0.100. The molecule has 0 spiro atoms. The van der Waals surface area contributed by atoms with E-state index < -0.39 is 11.7 Å². The van der Waals surface area contributed by atoms with Gasteiger partial charge in [-0.25, -0.2) is 4.39 Å². The van der Waals surface area contributed by atoms with Crippen molar-refractivity contribution in [3.8, 4) is 11.8 Å². The van der Waals surface area contributed by atoms with Crippen molar-refractivity contribution >= 4 is 11.6 Å². The van der Waals surface area contributed by atoms with Gasteiger partial charge < -0.3 is 11.5 Å². The zero-order valence-corrected chi connectivity index (χ0v) is 7.38. The summed E-state index contributed by atoms with van der Waals surface area (Å²) >= 11 is 0. The highest BCUT2D eigenvalue weighted by molar-refractivity contribution is 5.76. The molecule has 0 bridgehead atoms. The summed E-state index contributed by atoms with van der Waals surface area (Å²) < 4.78 is 12.6. The van der Waals surface area contributed by atoms with E-state index in [-0.39, 0.29) is 12.1 Å². The van der Waals surface area contributed by atoms with Gasteiger partial charge in [-0.1, -0.05) is 11.8 Å². The molecule has 0 fully saturated rings. The molecule has 0 aromatic heterocycles. The molecule has 72 valence electrons. The number of primary amides is 1. The molecule has 0 heterocycles. The van der Waals surface area contributed by atoms with Crippen LogP contribution >= 0.6 is 0 Å². The van der Waals surface area contributed by atoms with Crippen LogP contribution in [0.25, 0.3) is 0 Å². The minimum absolute atomic E-state index is 0.0309. The highest BCUT2D eigenvalue weighted by Crippen LogP contribution is 2.11. The molecule has 4 heteroatoms. The molecule has 1 rings (SSSR count). The number of carbonyl (C=O) groups is 1. The summed E-state index contributed by atoms with van der Waals surface area (Å²) in [5.74, 6) is 4.25. The van der Waals surface area contributed by atoms with Gasteiger partial charge in [0.15, 0.2) is 0 Å². The fourth-order valence-corrected chi connectivity index (χ4v) is 0.874. The van der Waals surface area contributed by atoms with Gasteiger partial charge in [-0.3, -0.25) is 4.79 Å². The van der Waals surface area contributed by atoms with Crippen molar-refractivity contribution in [1.82, 2.24) is 0 Å². The molecule has 1 aromatic rings. The van der Waals surface area contributed by atoms with Crippen LogP contribution in [0.2, 0.25) is 0 Å². The quantitative estimate of drug-likeness (QED) is 0.506. The summed E-state index contributed by atoms with van der Waals surface area (Å²) in [5.41, 5.74) is 11.1. The topological polar surface area (TPSA) is 69.1 Å². The van der Waals surface area contributed by atoms with Gasteiger partial charge in [0, 0.05) is 5.56 Å². The van der Waals surface area contributed by atoms with E-state index in [2.05, 4.69) is 11.8 Å². The van der Waals surface area contributed by atoms with Crippen molar-refractivity contribution in [3.05, 3.63) is 29.6 Å². The minimum atomic E-state index is -0.502. The lowest BCUT2D eigenvalue weighted by Crippen LogP contribution is -2.08. The second-order valence-corrected chi connectivity index (χ2v) is 2.68. The number of anilines is 1. The summed E-state index contributed by atoms with van der Waals surface area (Å²) in [6.07, 6.45) is -0.0309. The van der Waals surface area contributed by atoms with Crippen LogP contribution in [0.1, 0.15) is 12.0 Å². The molecule has 1 amide bonds. The molecule has 0 atom stereocenters. The predicted octanol–water partition coefficient (Wildman–Crippen LogP) is 0.635. The smallest absolute Gasteiger partial charge is 0.229 e. The van der Waals surface area contributed by atoms with Gasteiger partial charge >= 0.3 is 0 Å². The van der Waals surface area contributed by atoms with Crippen LogP contribution in [0.15, 0.2) is 18.2 Å². The summed E-state index contributed by atoms with van der Waals surface area (Å²) in [5, 5.41) is 0. The van der Waals surface area contributed by atoms with Gasteiger partial charge in [0.1, 0.15) is 5.82 Å². The maximum absolute atomic E-state index is 12.6. The molecule has 1 aromatic carbocycles. The average Bonchev–Trinajstić information content (AvgIpc) is 2.08. The Morgan fingerprint density at radius 1 is 1.50 bits per heavy atom. The zero-order chi connectivity index (χ0) is 10.6. The van der Waals surface area contributed by atoms with E-state index in [9.17, 15) is 9.18 Å². The van der Waals surface area contributed by atoms with Gasteiger partial charge in [0.05, 0.1) is 12.1 Å². The third-order valence-electron chi connectivity index (χ3n) is 1.50. The number of rotatable bonds is 1. The van der Waals surface area contributed by atoms with Gasteiger partial charge in [0.2, 0.25) is 5.91 Å². The van der Waals surface area contributed by atoms with Crippen molar-refractivity contribution in [2.45, 2.75) is 6.42 Å². The highest BCUT2D eigenvalue weighted by atomic mass is 19.1. The first-order valence-corrected chi connectivity index (χ1v) is 3.92. The number of nitrogens with two attached hydrogens (primary N) is 2. The number of amides is 1. The molecule has 0 saturated carbocycles. The molecule has 3 nitrogen and oxygen atoms in total. The fourth-order valence-electron chi connectivity index (χ4n) is 0.874. The van der Waals surface area contributed by atoms with Crippen LogP contribution in [-0.4, -0.2) is 5.91 Å². The van der Waals surface area contributed by atoms with Crippen molar-refractivity contribution in [3.63, 3.8) is 0 Å². The standard InChI is InChI=1S/C10H9FN2O/c11-8-5-4-7(9(12)6-8)2-1-3-10(13)14/h4-6H,3,12H2,(H2,13,14). The summed E-state index contributed by atoms with van der Waals surface area (Å²) in [7, 11) is 0. The highest BCUT2D eigenvalue weighted by Gasteiger charge is 1.96. The van der Waals surface area contributed by atoms with E-state index in [4.69, 9.17) is 11.5 Å². The van der Waals surface area contributed by atoms with Crippen LogP contribution < -0.4 is 11.5 Å². The van der Waals surface area contributed by atoms with Crippen LogP contribution in [0.5, 0.6) is 0 Å². The van der Waals surface area contributed by atoms with Crippen LogP contribution in [0.4, 0.5) is 10.1 Å². The number of hydrogen-bond acceptors (Lipinski definition) is 2. The van der Waals surface area contributed by atoms with Crippen LogP contribution in [-0.2, 0) is 4.79 Å². The van der Waals surface area contributed by atoms with E-state index in [0.29, 0.717) is 5.56 Å². The summed E-state index contributed by atoms with van der Waals surface area (Å²) in [6.45, 7) is 0. The molecule has 0 aliphatic rings. The maximum atomic E-state index is 12.6. The average molecular weight is 192 g/mol. The van der Waals surface area contributed by atoms with E-state index >= 15 is 0 Å². The molecule has 14 heavy (non-hydrogen) atoms. The van der Waals surface area contributed by atoms with Crippen LogP contribution in [0.3, 0.4) is 0 Å². The first-order valence-electron chi connectivity index (χ1n) is 3.92. The van der Waals surface area contributed by atoms with Gasteiger partial charge in [-0.15, -0.1) is 0 Å². The first-order chi connectivity index (χ1) is 6.59. The van der Waals surface area contributed by atoms with E-state index in [1.54, 1.807) is 0 Å². The second kappa shape index (κ2) is 4.28. The number of halogens is 1. The van der Waals surface area contributed by atoms with Crippen molar-refractivity contribution in [2.75, 3.05) is 5.73 Å². The molecule has 0 unspecified atom stereocenters. The number of hydrogen-bond donors (Lipinski definition) is 2. The number of benzene rings is 1. The zero-order valence-electron chi connectivity index (χ0n) is 7.38. The van der Waals surface area contributed by atoms with Gasteiger partial charge in [-0.05, 0) is 18.2 Å². The molecular weight excluding hydrogens is 183 g/mol. The molecule has 0 radical (unpaired) electrons. The Labute approximate surface area is 80.9 Å². The lowest BCUT2D eigenvalue weighted by Gasteiger charge is -1.96. The van der Waals surface area contributed by atoms with Crippen LogP contribution in [0, 0.1) is 17.7 Å². The molecule has 0 saturated heterocycles. The lowest BCUT2D eigenvalue weighted by atomic mass is 10.2. The Bertz CT molecular complexity index is 418. The van der Waals surface area contributed by atoms with Crippen molar-refractivity contribution in [1.29, 1.82) is 0 Å². The lowest BCUT2D eigenvalue weighted by molar-refractivity contribution is -0.117. The molecule has 0 aliphatic carbocycles. The largest absolute Gasteiger partial charge is 0.398 e. The van der Waals surface area contributed by atoms with E-state index in [1.807, 2.05) is 0 Å². The van der Waals surface area contributed by atoms with E-state index in [0.717, 1.165) is 0 Å². The number of carbonyl (C=O) groups excluding carboxylic acids is 1. The predicted molar refractivity (Wildman–Crippen MR) is 51.5 cm³/mol. The Balaban J connectivity index is 2.85. The first kappa shape index (κ1) is 10.1.